The van der Waals surface area contributed by atoms with Crippen molar-refractivity contribution in [3.8, 4) is 0 Å². The number of carboxylic acid groups (broad SMARTS) is 1. The largest absolute Gasteiger partial charge is 0.463 e. The summed E-state index contributed by atoms with van der Waals surface area (Å²) >= 11 is 0. The molecule has 4 heteroatoms. The van der Waals surface area contributed by atoms with Crippen LogP contribution in [0.2, 0.25) is 0 Å². The number of hydrogen-bond donors (Lipinski definition) is 2. The number of nitrogens with zero attached hydrogens (tertiary/aromatic N) is 1. The van der Waals surface area contributed by atoms with E-state index < -0.39 is 6.09 Å². The van der Waals surface area contributed by atoms with Crippen molar-refractivity contribution >= 4 is 11.8 Å². The zero-order chi connectivity index (χ0) is 15.8. The monoisotopic (exact) mass is 293 g/mol. The minimum Gasteiger partial charge on any atom is -0.463 e. The maximum atomic E-state index is 10.2. The van der Waals surface area contributed by atoms with Gasteiger partial charge in [-0.15, -0.1) is 0 Å². The third kappa shape index (κ3) is 6.17. The number of anilines is 1. The number of hydroxylamine groups is 1. The van der Waals surface area contributed by atoms with E-state index in [1.54, 1.807) is 18.2 Å². The van der Waals surface area contributed by atoms with Crippen LogP contribution in [0.3, 0.4) is 0 Å². The molecule has 1 saturated carbocycles. The van der Waals surface area contributed by atoms with Gasteiger partial charge in [0.05, 0.1) is 5.69 Å². The highest BCUT2D eigenvalue weighted by Gasteiger charge is 2.20. The van der Waals surface area contributed by atoms with Gasteiger partial charge in [0, 0.05) is 0 Å². The lowest BCUT2D eigenvalue weighted by Crippen LogP contribution is -2.24. The number of carbonyl (C=O) groups is 1. The Morgan fingerprint density at radius 3 is 2.10 bits per heavy atom. The fraction of sp³-hybridized carbons (Fsp3) is 0.588. The van der Waals surface area contributed by atoms with Gasteiger partial charge in [0.1, 0.15) is 0 Å². The van der Waals surface area contributed by atoms with E-state index in [0.29, 0.717) is 0 Å². The molecule has 1 aromatic rings. The SMILES string of the molecule is CC1CCC(C(C)C)CC1.O=C(O)N(O)c1ccccc1. The van der Waals surface area contributed by atoms with Gasteiger partial charge in [0.2, 0.25) is 0 Å². The predicted molar refractivity (Wildman–Crippen MR) is 84.7 cm³/mol. The first-order valence-corrected chi connectivity index (χ1v) is 7.68. The Balaban J connectivity index is 0.000000211. The van der Waals surface area contributed by atoms with Crippen molar-refractivity contribution in [3.05, 3.63) is 30.3 Å². The first-order valence-electron chi connectivity index (χ1n) is 7.68. The second-order valence-electron chi connectivity index (χ2n) is 6.19. The molecule has 1 aromatic carbocycles. The molecule has 0 saturated heterocycles. The average Bonchev–Trinajstić information content (AvgIpc) is 2.48. The molecule has 1 aliphatic carbocycles. The van der Waals surface area contributed by atoms with Crippen LogP contribution in [0.15, 0.2) is 30.3 Å². The maximum absolute atomic E-state index is 10.2. The molecule has 21 heavy (non-hydrogen) atoms. The van der Waals surface area contributed by atoms with Crippen LogP contribution in [-0.4, -0.2) is 16.4 Å². The van der Waals surface area contributed by atoms with E-state index in [2.05, 4.69) is 20.8 Å². The Morgan fingerprint density at radius 2 is 1.67 bits per heavy atom. The third-order valence-corrected chi connectivity index (χ3v) is 4.19. The summed E-state index contributed by atoms with van der Waals surface area (Å²) in [5.74, 6) is 2.97. The van der Waals surface area contributed by atoms with Crippen molar-refractivity contribution in [1.29, 1.82) is 0 Å². The van der Waals surface area contributed by atoms with E-state index in [4.69, 9.17) is 10.3 Å². The Morgan fingerprint density at radius 1 is 1.14 bits per heavy atom. The summed E-state index contributed by atoms with van der Waals surface area (Å²) in [5, 5.41) is 17.3. The van der Waals surface area contributed by atoms with Gasteiger partial charge in [-0.2, -0.15) is 5.06 Å². The minimum atomic E-state index is -1.39. The first-order chi connectivity index (χ1) is 9.91. The number of rotatable bonds is 2. The molecule has 1 amide bonds. The highest BCUT2D eigenvalue weighted by molar-refractivity contribution is 5.82. The van der Waals surface area contributed by atoms with Crippen LogP contribution in [0.5, 0.6) is 0 Å². The summed E-state index contributed by atoms with van der Waals surface area (Å²) in [6.45, 7) is 7.11. The van der Waals surface area contributed by atoms with Crippen molar-refractivity contribution in [2.24, 2.45) is 17.8 Å². The quantitative estimate of drug-likeness (QED) is 0.594. The Bertz CT molecular complexity index is 411. The van der Waals surface area contributed by atoms with Crippen LogP contribution in [0.1, 0.15) is 46.5 Å². The summed E-state index contributed by atoms with van der Waals surface area (Å²) < 4.78 is 0. The fourth-order valence-corrected chi connectivity index (χ4v) is 2.63. The molecule has 0 aliphatic heterocycles. The van der Waals surface area contributed by atoms with Gasteiger partial charge in [0.15, 0.2) is 0 Å². The molecule has 0 unspecified atom stereocenters. The second kappa shape index (κ2) is 8.67. The topological polar surface area (TPSA) is 60.8 Å². The molecule has 0 aromatic heterocycles. The zero-order valence-corrected chi connectivity index (χ0v) is 13.2. The molecule has 0 bridgehead atoms. The number of para-hydroxylation sites is 1. The highest BCUT2D eigenvalue weighted by atomic mass is 16.6. The molecule has 1 fully saturated rings. The molecular formula is C17H27NO3. The molecular weight excluding hydrogens is 266 g/mol. The number of hydrogen-bond acceptors (Lipinski definition) is 2. The summed E-state index contributed by atoms with van der Waals surface area (Å²) in [4.78, 5) is 10.2. The molecule has 118 valence electrons. The predicted octanol–water partition coefficient (Wildman–Crippen LogP) is 5.03. The van der Waals surface area contributed by atoms with E-state index in [0.717, 1.165) is 17.8 Å². The minimum absolute atomic E-state index is 0.167. The molecule has 0 atom stereocenters. The Hall–Kier alpha value is -1.55. The molecule has 0 heterocycles. The first kappa shape index (κ1) is 17.5. The van der Waals surface area contributed by atoms with E-state index >= 15 is 0 Å². The van der Waals surface area contributed by atoms with Gasteiger partial charge in [0.25, 0.3) is 0 Å². The van der Waals surface area contributed by atoms with Crippen molar-refractivity contribution in [3.63, 3.8) is 0 Å². The van der Waals surface area contributed by atoms with Crippen molar-refractivity contribution in [1.82, 2.24) is 0 Å². The van der Waals surface area contributed by atoms with Gasteiger partial charge < -0.3 is 5.11 Å². The summed E-state index contributed by atoms with van der Waals surface area (Å²) in [6, 6.07) is 8.00. The summed E-state index contributed by atoms with van der Waals surface area (Å²) in [6.07, 6.45) is 4.53. The zero-order valence-electron chi connectivity index (χ0n) is 13.2. The van der Waals surface area contributed by atoms with Gasteiger partial charge >= 0.3 is 6.09 Å². The lowest BCUT2D eigenvalue weighted by Gasteiger charge is -2.28. The molecule has 4 nitrogen and oxygen atoms in total. The smallest absolute Gasteiger partial charge is 0.436 e. The van der Waals surface area contributed by atoms with E-state index in [1.807, 2.05) is 0 Å². The van der Waals surface area contributed by atoms with Gasteiger partial charge in [-0.3, -0.25) is 5.21 Å². The van der Waals surface area contributed by atoms with Crippen LogP contribution in [-0.2, 0) is 0 Å². The Labute approximate surface area is 127 Å². The summed E-state index contributed by atoms with van der Waals surface area (Å²) in [5.41, 5.74) is 0.236. The summed E-state index contributed by atoms with van der Waals surface area (Å²) in [7, 11) is 0. The Kier molecular flexibility index (Phi) is 7.23. The lowest BCUT2D eigenvalue weighted by molar-refractivity contribution is 0.160. The van der Waals surface area contributed by atoms with Crippen molar-refractivity contribution < 1.29 is 15.1 Å². The van der Waals surface area contributed by atoms with E-state index in [-0.39, 0.29) is 10.8 Å². The van der Waals surface area contributed by atoms with E-state index in [9.17, 15) is 4.79 Å². The number of benzene rings is 1. The van der Waals surface area contributed by atoms with Crippen molar-refractivity contribution in [2.75, 3.05) is 5.06 Å². The second-order valence-corrected chi connectivity index (χ2v) is 6.19. The van der Waals surface area contributed by atoms with Crippen molar-refractivity contribution in [2.45, 2.75) is 46.5 Å². The normalized spacial score (nSPS) is 21.4. The molecule has 0 spiro atoms. The molecule has 1 aliphatic rings. The standard InChI is InChI=1S/C10H20.C7H7NO3/c1-8(2)10-6-4-9(3)5-7-10;9-7(10)8(11)6-4-2-1-3-5-6/h8-10H,4-7H2,1-3H3;1-5,11H,(H,9,10). The van der Waals surface area contributed by atoms with E-state index in [1.165, 1.54) is 37.8 Å². The fourth-order valence-electron chi connectivity index (χ4n) is 2.63. The van der Waals surface area contributed by atoms with Crippen LogP contribution in [0.25, 0.3) is 0 Å². The molecule has 2 rings (SSSR count). The maximum Gasteiger partial charge on any atom is 0.436 e. The van der Waals surface area contributed by atoms with Crippen LogP contribution in [0.4, 0.5) is 10.5 Å². The highest BCUT2D eigenvalue weighted by Crippen LogP contribution is 2.32. The van der Waals surface area contributed by atoms with Crippen LogP contribution in [0, 0.1) is 17.8 Å². The average molecular weight is 293 g/mol. The molecule has 2 N–H and O–H groups in total. The van der Waals surface area contributed by atoms with Crippen LogP contribution >= 0.6 is 0 Å². The van der Waals surface area contributed by atoms with Crippen LogP contribution < -0.4 is 5.06 Å². The van der Waals surface area contributed by atoms with Gasteiger partial charge in [-0.25, -0.2) is 4.79 Å². The third-order valence-electron chi connectivity index (χ3n) is 4.19. The molecule has 0 radical (unpaired) electrons. The number of amides is 1. The lowest BCUT2D eigenvalue weighted by atomic mass is 9.78. The van der Waals surface area contributed by atoms with Gasteiger partial charge in [-0.05, 0) is 42.7 Å². The van der Waals surface area contributed by atoms with Gasteiger partial charge in [-0.1, -0.05) is 51.8 Å².